The van der Waals surface area contributed by atoms with Crippen LogP contribution < -0.4 is 10.6 Å². The molecule has 0 radical (unpaired) electrons. The van der Waals surface area contributed by atoms with Gasteiger partial charge >= 0.3 is 0 Å². The van der Waals surface area contributed by atoms with Gasteiger partial charge < -0.3 is 10.6 Å². The van der Waals surface area contributed by atoms with Gasteiger partial charge in [-0.15, -0.1) is 6.42 Å². The zero-order chi connectivity index (χ0) is 14.2. The van der Waals surface area contributed by atoms with E-state index in [1.807, 2.05) is 31.3 Å². The largest absolute Gasteiger partial charge is 0.357 e. The van der Waals surface area contributed by atoms with Gasteiger partial charge in [-0.1, -0.05) is 30.2 Å². The number of hydrogen-bond donors (Lipinski definition) is 2. The minimum absolute atomic E-state index is 0.453. The van der Waals surface area contributed by atoms with Crippen LogP contribution in [0.1, 0.15) is 12.6 Å². The molecule has 4 nitrogen and oxygen atoms in total. The summed E-state index contributed by atoms with van der Waals surface area (Å²) >= 11 is 0. The fourth-order valence-corrected chi connectivity index (χ4v) is 1.94. The second kappa shape index (κ2) is 7.15. The predicted molar refractivity (Wildman–Crippen MR) is 83.4 cm³/mol. The van der Waals surface area contributed by atoms with Crippen LogP contribution in [0.5, 0.6) is 0 Å². The maximum atomic E-state index is 5.25. The van der Waals surface area contributed by atoms with Gasteiger partial charge in [0.25, 0.3) is 0 Å². The second-order valence-corrected chi connectivity index (χ2v) is 4.23. The van der Waals surface area contributed by atoms with Crippen molar-refractivity contribution < 1.29 is 0 Å². The van der Waals surface area contributed by atoms with E-state index in [0.29, 0.717) is 19.0 Å². The summed E-state index contributed by atoms with van der Waals surface area (Å²) in [6.45, 7) is 3.78. The summed E-state index contributed by atoms with van der Waals surface area (Å²) in [6.07, 6.45) is 7.06. The SMILES string of the molecule is C#CCNC(=NCc1nccc2ccccc12)NCC. The second-order valence-electron chi connectivity index (χ2n) is 4.23. The first-order valence-electron chi connectivity index (χ1n) is 6.63. The van der Waals surface area contributed by atoms with Crippen molar-refractivity contribution in [1.29, 1.82) is 0 Å². The van der Waals surface area contributed by atoms with Crippen LogP contribution in [-0.2, 0) is 6.54 Å². The van der Waals surface area contributed by atoms with E-state index in [1.165, 1.54) is 5.39 Å². The van der Waals surface area contributed by atoms with Crippen molar-refractivity contribution >= 4 is 16.7 Å². The lowest BCUT2D eigenvalue weighted by Crippen LogP contribution is -2.37. The Morgan fingerprint density at radius 3 is 2.95 bits per heavy atom. The van der Waals surface area contributed by atoms with E-state index in [-0.39, 0.29) is 0 Å². The van der Waals surface area contributed by atoms with Crippen LogP contribution in [0.2, 0.25) is 0 Å². The number of aliphatic imine (C=N–C) groups is 1. The van der Waals surface area contributed by atoms with Gasteiger partial charge in [0.1, 0.15) is 0 Å². The number of terminal acetylenes is 1. The number of benzene rings is 1. The van der Waals surface area contributed by atoms with E-state index < -0.39 is 0 Å². The van der Waals surface area contributed by atoms with Crippen molar-refractivity contribution in [3.8, 4) is 12.3 Å². The Labute approximate surface area is 119 Å². The first-order valence-corrected chi connectivity index (χ1v) is 6.63. The molecule has 0 fully saturated rings. The van der Waals surface area contributed by atoms with Crippen molar-refractivity contribution in [3.05, 3.63) is 42.2 Å². The number of nitrogens with zero attached hydrogens (tertiary/aromatic N) is 2. The van der Waals surface area contributed by atoms with Crippen LogP contribution >= 0.6 is 0 Å². The summed E-state index contributed by atoms with van der Waals surface area (Å²) in [7, 11) is 0. The molecular formula is C16H18N4. The van der Waals surface area contributed by atoms with Crippen LogP contribution in [0.25, 0.3) is 10.8 Å². The number of fused-ring (bicyclic) bond motifs is 1. The Bertz CT molecular complexity index is 635. The van der Waals surface area contributed by atoms with E-state index in [0.717, 1.165) is 17.6 Å². The molecule has 2 rings (SSSR count). The highest BCUT2D eigenvalue weighted by molar-refractivity contribution is 5.85. The van der Waals surface area contributed by atoms with Gasteiger partial charge in [0, 0.05) is 18.1 Å². The van der Waals surface area contributed by atoms with Crippen molar-refractivity contribution in [2.24, 2.45) is 4.99 Å². The molecule has 0 aliphatic rings. The number of pyridine rings is 1. The Morgan fingerprint density at radius 2 is 2.15 bits per heavy atom. The molecule has 0 spiro atoms. The summed E-state index contributed by atoms with van der Waals surface area (Å²) in [6, 6.07) is 10.2. The van der Waals surface area contributed by atoms with Gasteiger partial charge in [-0.05, 0) is 18.4 Å². The lowest BCUT2D eigenvalue weighted by molar-refractivity contribution is 0.860. The van der Waals surface area contributed by atoms with Gasteiger partial charge in [-0.2, -0.15) is 0 Å². The van der Waals surface area contributed by atoms with Gasteiger partial charge in [-0.25, -0.2) is 4.99 Å². The fraction of sp³-hybridized carbons (Fsp3) is 0.250. The van der Waals surface area contributed by atoms with E-state index in [4.69, 9.17) is 6.42 Å². The van der Waals surface area contributed by atoms with Crippen LogP contribution in [0.3, 0.4) is 0 Å². The molecular weight excluding hydrogens is 248 g/mol. The number of aromatic nitrogens is 1. The first-order chi connectivity index (χ1) is 9.85. The summed E-state index contributed by atoms with van der Waals surface area (Å²) in [4.78, 5) is 8.92. The molecule has 0 unspecified atom stereocenters. The molecule has 102 valence electrons. The molecule has 4 heteroatoms. The Kier molecular flexibility index (Phi) is 4.96. The van der Waals surface area contributed by atoms with Crippen LogP contribution in [-0.4, -0.2) is 24.0 Å². The average molecular weight is 266 g/mol. The minimum Gasteiger partial charge on any atom is -0.357 e. The average Bonchev–Trinajstić information content (AvgIpc) is 2.50. The number of guanidine groups is 1. The van der Waals surface area contributed by atoms with Crippen LogP contribution in [0.4, 0.5) is 0 Å². The molecule has 1 heterocycles. The zero-order valence-corrected chi connectivity index (χ0v) is 11.6. The fourth-order valence-electron chi connectivity index (χ4n) is 1.94. The monoisotopic (exact) mass is 266 g/mol. The quantitative estimate of drug-likeness (QED) is 0.505. The smallest absolute Gasteiger partial charge is 0.192 e. The molecule has 0 atom stereocenters. The predicted octanol–water partition coefficient (Wildman–Crippen LogP) is 1.92. The number of nitrogens with one attached hydrogen (secondary N) is 2. The van der Waals surface area contributed by atoms with E-state index in [1.54, 1.807) is 0 Å². The molecule has 2 aromatic rings. The summed E-state index contributed by atoms with van der Waals surface area (Å²) < 4.78 is 0. The molecule has 0 saturated carbocycles. The molecule has 0 saturated heterocycles. The number of rotatable bonds is 4. The van der Waals surface area contributed by atoms with Gasteiger partial charge in [0.05, 0.1) is 18.8 Å². The topological polar surface area (TPSA) is 49.3 Å². The Hall–Kier alpha value is -2.54. The molecule has 2 N–H and O–H groups in total. The van der Waals surface area contributed by atoms with Crippen LogP contribution in [0, 0.1) is 12.3 Å². The summed E-state index contributed by atoms with van der Waals surface area (Å²) in [5.74, 6) is 3.25. The molecule has 1 aromatic heterocycles. The third-order valence-electron chi connectivity index (χ3n) is 2.85. The molecule has 20 heavy (non-hydrogen) atoms. The maximum absolute atomic E-state index is 5.25. The van der Waals surface area contributed by atoms with E-state index >= 15 is 0 Å². The van der Waals surface area contributed by atoms with Gasteiger partial charge in [0.2, 0.25) is 0 Å². The highest BCUT2D eigenvalue weighted by Gasteiger charge is 2.02. The highest BCUT2D eigenvalue weighted by atomic mass is 15.2. The highest BCUT2D eigenvalue weighted by Crippen LogP contribution is 2.16. The normalized spacial score (nSPS) is 11.1. The van der Waals surface area contributed by atoms with Crippen molar-refractivity contribution in [2.45, 2.75) is 13.5 Å². The van der Waals surface area contributed by atoms with E-state index in [9.17, 15) is 0 Å². The lowest BCUT2D eigenvalue weighted by Gasteiger charge is -2.09. The first kappa shape index (κ1) is 13.9. The van der Waals surface area contributed by atoms with Gasteiger partial charge in [-0.3, -0.25) is 4.98 Å². The summed E-state index contributed by atoms with van der Waals surface area (Å²) in [5, 5.41) is 8.52. The summed E-state index contributed by atoms with van der Waals surface area (Å²) in [5.41, 5.74) is 0.959. The lowest BCUT2D eigenvalue weighted by atomic mass is 10.1. The van der Waals surface area contributed by atoms with Crippen LogP contribution in [0.15, 0.2) is 41.5 Å². The van der Waals surface area contributed by atoms with Crippen molar-refractivity contribution in [2.75, 3.05) is 13.1 Å². The zero-order valence-electron chi connectivity index (χ0n) is 11.6. The molecule has 0 aliphatic carbocycles. The third-order valence-corrected chi connectivity index (χ3v) is 2.85. The Balaban J connectivity index is 2.20. The van der Waals surface area contributed by atoms with Crippen molar-refractivity contribution in [3.63, 3.8) is 0 Å². The minimum atomic E-state index is 0.453. The molecule has 0 aliphatic heterocycles. The standard InChI is InChI=1S/C16H18N4/c1-3-10-19-16(17-4-2)20-12-15-14-8-6-5-7-13(14)9-11-18-15/h1,5-9,11H,4,10,12H2,2H3,(H2,17,19,20). The molecule has 1 aromatic carbocycles. The maximum Gasteiger partial charge on any atom is 0.192 e. The Morgan fingerprint density at radius 1 is 1.30 bits per heavy atom. The molecule has 0 bridgehead atoms. The van der Waals surface area contributed by atoms with E-state index in [2.05, 4.69) is 38.7 Å². The third kappa shape index (κ3) is 3.48. The van der Waals surface area contributed by atoms with Gasteiger partial charge in [0.15, 0.2) is 5.96 Å². The van der Waals surface area contributed by atoms with Crippen molar-refractivity contribution in [1.82, 2.24) is 15.6 Å². The molecule has 0 amide bonds. The number of hydrogen-bond acceptors (Lipinski definition) is 2.